The van der Waals surface area contributed by atoms with Gasteiger partial charge in [0.15, 0.2) is 0 Å². The molecule has 1 aromatic carbocycles. The van der Waals surface area contributed by atoms with E-state index in [-0.39, 0.29) is 23.7 Å². The number of carbonyl (C=O) groups excluding carboxylic acids is 1. The lowest BCUT2D eigenvalue weighted by Gasteiger charge is -2.34. The minimum Gasteiger partial charge on any atom is -0.508 e. The molecule has 1 aliphatic rings. The van der Waals surface area contributed by atoms with Crippen molar-refractivity contribution in [3.63, 3.8) is 0 Å². The number of hydrogen-bond donors (Lipinski definition) is 2. The molecular weight excluding hydrogens is 218 g/mol. The Morgan fingerprint density at radius 3 is 2.88 bits per heavy atom. The van der Waals surface area contributed by atoms with Gasteiger partial charge in [0, 0.05) is 18.7 Å². The van der Waals surface area contributed by atoms with Crippen LogP contribution in [-0.4, -0.2) is 40.2 Å². The van der Waals surface area contributed by atoms with E-state index in [1.165, 1.54) is 6.07 Å². The first-order valence-electron chi connectivity index (χ1n) is 5.84. The standard InChI is InChI=1S/C13H17NO3/c1-9-8-14(6-5-12(9)16)13(17)10-3-2-4-11(15)7-10/h2-4,7,9,12,15-16H,5-6,8H2,1H3. The first-order chi connectivity index (χ1) is 8.08. The number of likely N-dealkylation sites (tertiary alicyclic amines) is 1. The van der Waals surface area contributed by atoms with E-state index >= 15 is 0 Å². The Morgan fingerprint density at radius 1 is 1.47 bits per heavy atom. The molecule has 0 saturated carbocycles. The zero-order valence-corrected chi connectivity index (χ0v) is 9.84. The maximum Gasteiger partial charge on any atom is 0.253 e. The molecular formula is C13H17NO3. The lowest BCUT2D eigenvalue weighted by Crippen LogP contribution is -2.44. The second-order valence-corrected chi connectivity index (χ2v) is 4.63. The normalized spacial score (nSPS) is 24.7. The molecule has 4 heteroatoms. The van der Waals surface area contributed by atoms with Crippen molar-refractivity contribution in [1.82, 2.24) is 4.90 Å². The van der Waals surface area contributed by atoms with Crippen LogP contribution >= 0.6 is 0 Å². The molecule has 2 rings (SSSR count). The number of hydrogen-bond acceptors (Lipinski definition) is 3. The van der Waals surface area contributed by atoms with Crippen LogP contribution < -0.4 is 0 Å². The lowest BCUT2D eigenvalue weighted by molar-refractivity contribution is 0.0297. The Labute approximate surface area is 100 Å². The van der Waals surface area contributed by atoms with Crippen LogP contribution in [0.15, 0.2) is 24.3 Å². The number of amides is 1. The van der Waals surface area contributed by atoms with E-state index in [4.69, 9.17) is 0 Å². The number of carbonyl (C=O) groups is 1. The molecule has 1 fully saturated rings. The summed E-state index contributed by atoms with van der Waals surface area (Å²) >= 11 is 0. The van der Waals surface area contributed by atoms with E-state index in [0.717, 1.165) is 0 Å². The van der Waals surface area contributed by atoms with Gasteiger partial charge in [-0.3, -0.25) is 4.79 Å². The summed E-state index contributed by atoms with van der Waals surface area (Å²) in [7, 11) is 0. The van der Waals surface area contributed by atoms with E-state index in [0.29, 0.717) is 25.1 Å². The van der Waals surface area contributed by atoms with Crippen molar-refractivity contribution in [3.8, 4) is 5.75 Å². The fraction of sp³-hybridized carbons (Fsp3) is 0.462. The Hall–Kier alpha value is -1.55. The fourth-order valence-electron chi connectivity index (χ4n) is 2.14. The number of benzene rings is 1. The Morgan fingerprint density at radius 2 is 2.24 bits per heavy atom. The monoisotopic (exact) mass is 235 g/mol. The van der Waals surface area contributed by atoms with Crippen LogP contribution in [-0.2, 0) is 0 Å². The summed E-state index contributed by atoms with van der Waals surface area (Å²) in [4.78, 5) is 13.9. The fourth-order valence-corrected chi connectivity index (χ4v) is 2.14. The first-order valence-corrected chi connectivity index (χ1v) is 5.84. The van der Waals surface area contributed by atoms with E-state index in [2.05, 4.69) is 0 Å². The van der Waals surface area contributed by atoms with Gasteiger partial charge in [0.1, 0.15) is 5.75 Å². The largest absolute Gasteiger partial charge is 0.508 e. The highest BCUT2D eigenvalue weighted by Crippen LogP contribution is 2.20. The first kappa shape index (κ1) is 11.9. The third-order valence-corrected chi connectivity index (χ3v) is 3.24. The second kappa shape index (κ2) is 4.75. The molecule has 2 atom stereocenters. The molecule has 0 aliphatic carbocycles. The van der Waals surface area contributed by atoms with Gasteiger partial charge in [0.05, 0.1) is 6.10 Å². The van der Waals surface area contributed by atoms with Crippen LogP contribution in [0.3, 0.4) is 0 Å². The van der Waals surface area contributed by atoms with Crippen molar-refractivity contribution in [1.29, 1.82) is 0 Å². The van der Waals surface area contributed by atoms with Gasteiger partial charge in [-0.1, -0.05) is 13.0 Å². The molecule has 0 spiro atoms. The molecule has 1 saturated heterocycles. The highest BCUT2D eigenvalue weighted by molar-refractivity contribution is 5.94. The van der Waals surface area contributed by atoms with Crippen molar-refractivity contribution in [2.45, 2.75) is 19.4 Å². The van der Waals surface area contributed by atoms with Crippen molar-refractivity contribution in [3.05, 3.63) is 29.8 Å². The summed E-state index contributed by atoms with van der Waals surface area (Å²) in [6, 6.07) is 6.36. The smallest absolute Gasteiger partial charge is 0.253 e. The predicted octanol–water partition coefficient (Wildman–Crippen LogP) is 1.24. The maximum absolute atomic E-state index is 12.1. The molecule has 17 heavy (non-hydrogen) atoms. The van der Waals surface area contributed by atoms with E-state index in [1.807, 2.05) is 6.92 Å². The zero-order valence-electron chi connectivity index (χ0n) is 9.84. The second-order valence-electron chi connectivity index (χ2n) is 4.63. The predicted molar refractivity (Wildman–Crippen MR) is 63.8 cm³/mol. The number of phenols is 1. The molecule has 2 unspecified atom stereocenters. The maximum atomic E-state index is 12.1. The average Bonchev–Trinajstić information content (AvgIpc) is 2.32. The van der Waals surface area contributed by atoms with Gasteiger partial charge < -0.3 is 15.1 Å². The highest BCUT2D eigenvalue weighted by atomic mass is 16.3. The molecule has 0 radical (unpaired) electrons. The van der Waals surface area contributed by atoms with E-state index in [1.54, 1.807) is 23.1 Å². The summed E-state index contributed by atoms with van der Waals surface area (Å²) in [5.41, 5.74) is 0.494. The van der Waals surface area contributed by atoms with Crippen molar-refractivity contribution >= 4 is 5.91 Å². The molecule has 92 valence electrons. The van der Waals surface area contributed by atoms with Crippen LogP contribution in [0.1, 0.15) is 23.7 Å². The molecule has 1 aliphatic heterocycles. The third kappa shape index (κ3) is 2.58. The highest BCUT2D eigenvalue weighted by Gasteiger charge is 2.27. The number of nitrogens with zero attached hydrogens (tertiary/aromatic N) is 1. The quantitative estimate of drug-likeness (QED) is 0.769. The van der Waals surface area contributed by atoms with Gasteiger partial charge in [-0.2, -0.15) is 0 Å². The summed E-state index contributed by atoms with van der Waals surface area (Å²) in [5.74, 6) is 0.116. The molecule has 1 heterocycles. The SMILES string of the molecule is CC1CN(C(=O)c2cccc(O)c2)CCC1O. The molecule has 4 nitrogen and oxygen atoms in total. The minimum atomic E-state index is -0.316. The van der Waals surface area contributed by atoms with Gasteiger partial charge >= 0.3 is 0 Å². The number of aliphatic hydroxyl groups is 1. The number of aliphatic hydroxyl groups excluding tert-OH is 1. The number of phenolic OH excluding ortho intramolecular Hbond substituents is 1. The summed E-state index contributed by atoms with van der Waals surface area (Å²) in [6.45, 7) is 3.07. The Bertz CT molecular complexity index is 419. The van der Waals surface area contributed by atoms with Crippen LogP contribution in [0.2, 0.25) is 0 Å². The lowest BCUT2D eigenvalue weighted by atomic mass is 9.96. The molecule has 0 aromatic heterocycles. The molecule has 0 bridgehead atoms. The number of piperidine rings is 1. The van der Waals surface area contributed by atoms with E-state index < -0.39 is 0 Å². The van der Waals surface area contributed by atoms with Gasteiger partial charge in [0.2, 0.25) is 0 Å². The van der Waals surface area contributed by atoms with Crippen LogP contribution in [0.4, 0.5) is 0 Å². The number of rotatable bonds is 1. The average molecular weight is 235 g/mol. The van der Waals surface area contributed by atoms with Crippen LogP contribution in [0.5, 0.6) is 5.75 Å². The van der Waals surface area contributed by atoms with Gasteiger partial charge in [0.25, 0.3) is 5.91 Å². The van der Waals surface area contributed by atoms with Gasteiger partial charge in [-0.15, -0.1) is 0 Å². The topological polar surface area (TPSA) is 60.8 Å². The minimum absolute atomic E-state index is 0.0837. The zero-order chi connectivity index (χ0) is 12.4. The number of aromatic hydroxyl groups is 1. The molecule has 2 N–H and O–H groups in total. The van der Waals surface area contributed by atoms with Gasteiger partial charge in [-0.05, 0) is 30.5 Å². The van der Waals surface area contributed by atoms with Crippen LogP contribution in [0.25, 0.3) is 0 Å². The summed E-state index contributed by atoms with van der Waals surface area (Å²) in [6.07, 6.45) is 0.300. The van der Waals surface area contributed by atoms with Gasteiger partial charge in [-0.25, -0.2) is 0 Å². The molecule has 1 amide bonds. The van der Waals surface area contributed by atoms with Crippen LogP contribution in [0, 0.1) is 5.92 Å². The van der Waals surface area contributed by atoms with Crippen molar-refractivity contribution < 1.29 is 15.0 Å². The Balaban J connectivity index is 2.10. The van der Waals surface area contributed by atoms with Crippen molar-refractivity contribution in [2.24, 2.45) is 5.92 Å². The van der Waals surface area contributed by atoms with E-state index in [9.17, 15) is 15.0 Å². The Kier molecular flexibility index (Phi) is 3.33. The third-order valence-electron chi connectivity index (χ3n) is 3.24. The summed E-state index contributed by atoms with van der Waals surface area (Å²) in [5, 5.41) is 19.0. The van der Waals surface area contributed by atoms with Crippen molar-refractivity contribution in [2.75, 3.05) is 13.1 Å². The summed E-state index contributed by atoms with van der Waals surface area (Å²) < 4.78 is 0. The molecule has 1 aromatic rings.